The highest BCUT2D eigenvalue weighted by molar-refractivity contribution is 6.33. The number of hydrogen-bond acceptors (Lipinski definition) is 4. The molecular weight excluding hydrogens is 419 g/mol. The number of unbranched alkanes of at least 4 members (excludes halogenated alkanes) is 2. The minimum Gasteiger partial charge on any atom is -0.384 e. The van der Waals surface area contributed by atoms with E-state index in [4.69, 9.17) is 11.6 Å². The second-order valence-electron chi connectivity index (χ2n) is 7.68. The van der Waals surface area contributed by atoms with Crippen LogP contribution in [0.15, 0.2) is 47.3 Å². The lowest BCUT2D eigenvalue weighted by Gasteiger charge is -2.14. The smallest absolute Gasteiger partial charge is 0.272 e. The summed E-state index contributed by atoms with van der Waals surface area (Å²) < 4.78 is 0. The van der Waals surface area contributed by atoms with Crippen molar-refractivity contribution in [1.29, 1.82) is 0 Å². The number of hydrogen-bond donors (Lipinski definition) is 2. The lowest BCUT2D eigenvalue weighted by molar-refractivity contribution is 0.329. The molecule has 7 heteroatoms. The largest absolute Gasteiger partial charge is 0.384 e. The second-order valence-corrected chi connectivity index (χ2v) is 8.08. The van der Waals surface area contributed by atoms with Gasteiger partial charge in [-0.25, -0.2) is 5.10 Å². The number of H-pyrrole nitrogens is 1. The number of nitrogens with one attached hydrogen (secondary N) is 2. The molecule has 0 aliphatic carbocycles. The molecule has 0 saturated carbocycles. The maximum absolute atomic E-state index is 12.0. The maximum Gasteiger partial charge on any atom is 0.272 e. The Hall–Kier alpha value is -2.08. The van der Waals surface area contributed by atoms with Crippen molar-refractivity contribution in [2.75, 3.05) is 31.5 Å². The van der Waals surface area contributed by atoms with Gasteiger partial charge in [-0.05, 0) is 63.5 Å². The molecule has 1 fully saturated rings. The van der Waals surface area contributed by atoms with Gasteiger partial charge < -0.3 is 10.2 Å². The van der Waals surface area contributed by atoms with Crippen LogP contribution in [0.3, 0.4) is 0 Å². The van der Waals surface area contributed by atoms with Crippen LogP contribution in [-0.4, -0.2) is 41.3 Å². The number of fused-ring (bicyclic) bond motifs is 1. The molecule has 160 valence electrons. The summed E-state index contributed by atoms with van der Waals surface area (Å²) in [5.74, 6) is 0. The normalized spacial score (nSPS) is 14.0. The minimum atomic E-state index is -0.175. The zero-order chi connectivity index (χ0) is 20.1. The van der Waals surface area contributed by atoms with Crippen LogP contribution in [-0.2, 0) is 0 Å². The van der Waals surface area contributed by atoms with Crippen molar-refractivity contribution in [2.45, 2.75) is 32.1 Å². The van der Waals surface area contributed by atoms with Crippen LogP contribution < -0.4 is 10.9 Å². The molecule has 5 nitrogen and oxygen atoms in total. The van der Waals surface area contributed by atoms with Crippen LogP contribution in [0.25, 0.3) is 22.0 Å². The van der Waals surface area contributed by atoms with Gasteiger partial charge in [0, 0.05) is 17.5 Å². The molecule has 2 aromatic carbocycles. The number of rotatable bonds is 8. The van der Waals surface area contributed by atoms with Gasteiger partial charge in [-0.3, -0.25) is 4.79 Å². The number of benzene rings is 2. The molecule has 1 aliphatic rings. The summed E-state index contributed by atoms with van der Waals surface area (Å²) in [5, 5.41) is 12.5. The Labute approximate surface area is 188 Å². The van der Waals surface area contributed by atoms with E-state index in [1.165, 1.54) is 45.3 Å². The summed E-state index contributed by atoms with van der Waals surface area (Å²) in [6.07, 6.45) is 6.30. The number of halogens is 2. The number of likely N-dealkylation sites (tertiary alicyclic amines) is 1. The molecule has 2 heterocycles. The fourth-order valence-electron chi connectivity index (χ4n) is 4.01. The van der Waals surface area contributed by atoms with Crippen molar-refractivity contribution in [3.63, 3.8) is 0 Å². The summed E-state index contributed by atoms with van der Waals surface area (Å²) in [5.41, 5.74) is 2.41. The average molecular weight is 447 g/mol. The first-order valence-corrected chi connectivity index (χ1v) is 10.8. The van der Waals surface area contributed by atoms with Gasteiger partial charge >= 0.3 is 0 Å². The van der Waals surface area contributed by atoms with Gasteiger partial charge in [-0.1, -0.05) is 42.3 Å². The molecule has 30 heavy (non-hydrogen) atoms. The fourth-order valence-corrected chi connectivity index (χ4v) is 4.19. The van der Waals surface area contributed by atoms with Crippen molar-refractivity contribution in [1.82, 2.24) is 15.1 Å². The Morgan fingerprint density at radius 3 is 2.60 bits per heavy atom. The summed E-state index contributed by atoms with van der Waals surface area (Å²) in [7, 11) is 0. The van der Waals surface area contributed by atoms with E-state index < -0.39 is 0 Å². The van der Waals surface area contributed by atoms with E-state index in [0.29, 0.717) is 10.4 Å². The van der Waals surface area contributed by atoms with Crippen LogP contribution in [0.5, 0.6) is 0 Å². The van der Waals surface area contributed by atoms with E-state index in [1.54, 1.807) is 0 Å². The first kappa shape index (κ1) is 22.6. The Morgan fingerprint density at radius 2 is 1.80 bits per heavy atom. The molecule has 0 amide bonds. The highest BCUT2D eigenvalue weighted by Crippen LogP contribution is 2.30. The van der Waals surface area contributed by atoms with E-state index in [1.807, 2.05) is 42.5 Å². The van der Waals surface area contributed by atoms with E-state index in [9.17, 15) is 4.79 Å². The van der Waals surface area contributed by atoms with Gasteiger partial charge in [-0.2, -0.15) is 5.10 Å². The van der Waals surface area contributed by atoms with Crippen molar-refractivity contribution in [3.8, 4) is 11.3 Å². The third-order valence-corrected chi connectivity index (χ3v) is 5.93. The summed E-state index contributed by atoms with van der Waals surface area (Å²) >= 11 is 6.41. The fraction of sp³-hybridized carbons (Fsp3) is 0.391. The number of aromatic amines is 1. The van der Waals surface area contributed by atoms with Gasteiger partial charge in [0.15, 0.2) is 0 Å². The van der Waals surface area contributed by atoms with Crippen molar-refractivity contribution < 1.29 is 0 Å². The molecule has 0 bridgehead atoms. The molecule has 4 rings (SSSR count). The van der Waals surface area contributed by atoms with Crippen molar-refractivity contribution in [3.05, 3.63) is 57.8 Å². The molecule has 1 saturated heterocycles. The monoisotopic (exact) mass is 446 g/mol. The van der Waals surface area contributed by atoms with E-state index in [-0.39, 0.29) is 18.0 Å². The third kappa shape index (κ3) is 5.34. The Bertz CT molecular complexity index is 1030. The first-order valence-electron chi connectivity index (χ1n) is 10.5. The molecular formula is C23H28Cl2N4O. The molecule has 1 aliphatic heterocycles. The first-order chi connectivity index (χ1) is 14.2. The van der Waals surface area contributed by atoms with Crippen molar-refractivity contribution >= 4 is 40.5 Å². The SMILES string of the molecule is Cl.O=c1[nH]nc(-c2ccc(Cl)c(NCCCCCN3CCCC3)c2)c2ccccc12. The van der Waals surface area contributed by atoms with Crippen LogP contribution in [0, 0.1) is 0 Å². The molecule has 0 atom stereocenters. The Kier molecular flexibility index (Phi) is 8.14. The van der Waals surface area contributed by atoms with Gasteiger partial charge in [0.1, 0.15) is 0 Å². The Morgan fingerprint density at radius 1 is 1.03 bits per heavy atom. The zero-order valence-electron chi connectivity index (χ0n) is 17.0. The predicted molar refractivity (Wildman–Crippen MR) is 128 cm³/mol. The molecule has 0 spiro atoms. The van der Waals surface area contributed by atoms with Crippen LogP contribution in [0.1, 0.15) is 32.1 Å². The predicted octanol–water partition coefficient (Wildman–Crippen LogP) is 5.34. The molecule has 0 radical (unpaired) electrons. The van der Waals surface area contributed by atoms with Gasteiger partial charge in [-0.15, -0.1) is 12.4 Å². The van der Waals surface area contributed by atoms with Crippen LogP contribution >= 0.6 is 24.0 Å². The average Bonchev–Trinajstić information content (AvgIpc) is 3.26. The number of aromatic nitrogens is 2. The highest BCUT2D eigenvalue weighted by Gasteiger charge is 2.11. The van der Waals surface area contributed by atoms with Crippen LogP contribution in [0.2, 0.25) is 5.02 Å². The van der Waals surface area contributed by atoms with E-state index in [0.717, 1.165) is 35.3 Å². The van der Waals surface area contributed by atoms with Gasteiger partial charge in [0.05, 0.1) is 21.8 Å². The highest BCUT2D eigenvalue weighted by atomic mass is 35.5. The van der Waals surface area contributed by atoms with Crippen LogP contribution in [0.4, 0.5) is 5.69 Å². The Balaban J connectivity index is 0.00000256. The standard InChI is InChI=1S/C23H27ClN4O.ClH/c24-20-11-10-17(22-18-8-2-3-9-19(18)23(29)27-26-22)16-21(20)25-12-4-1-5-13-28-14-6-7-15-28;/h2-3,8-11,16,25H,1,4-7,12-15H2,(H,27,29);1H. The molecule has 0 unspecified atom stereocenters. The zero-order valence-corrected chi connectivity index (χ0v) is 18.6. The second kappa shape index (κ2) is 10.8. The lowest BCUT2D eigenvalue weighted by atomic mass is 10.0. The van der Waals surface area contributed by atoms with E-state index >= 15 is 0 Å². The molecule has 3 aromatic rings. The molecule has 2 N–H and O–H groups in total. The summed E-state index contributed by atoms with van der Waals surface area (Å²) in [6, 6.07) is 13.4. The van der Waals surface area contributed by atoms with E-state index in [2.05, 4.69) is 20.4 Å². The maximum atomic E-state index is 12.0. The summed E-state index contributed by atoms with van der Waals surface area (Å²) in [4.78, 5) is 14.6. The number of nitrogens with zero attached hydrogens (tertiary/aromatic N) is 2. The van der Waals surface area contributed by atoms with Crippen molar-refractivity contribution in [2.24, 2.45) is 0 Å². The number of anilines is 1. The quantitative estimate of drug-likeness (QED) is 0.458. The van der Waals surface area contributed by atoms with Gasteiger partial charge in [0.25, 0.3) is 5.56 Å². The summed E-state index contributed by atoms with van der Waals surface area (Å²) in [6.45, 7) is 4.66. The topological polar surface area (TPSA) is 61.0 Å². The lowest BCUT2D eigenvalue weighted by Crippen LogP contribution is -2.20. The minimum absolute atomic E-state index is 0. The molecule has 1 aromatic heterocycles. The third-order valence-electron chi connectivity index (χ3n) is 5.60. The van der Waals surface area contributed by atoms with Gasteiger partial charge in [0.2, 0.25) is 0 Å².